The number of aromatic nitrogens is 4. The Kier molecular flexibility index (Phi) is 3.90. The molecule has 0 saturated carbocycles. The number of fused-ring (bicyclic) bond motifs is 1. The molecular formula is C18H20FN5. The van der Waals surface area contributed by atoms with E-state index in [4.69, 9.17) is 0 Å². The van der Waals surface area contributed by atoms with Gasteiger partial charge in [-0.2, -0.15) is 5.10 Å². The standard InChI is InChI=1S/C18H20FN5/c1-14-18-20-11-17(13-23-8-2-7-21-23)24(18)10-9-22(14)12-15-3-5-16(19)6-4-15/h2-8,11,14H,9-10,12-13H2,1H3/t14-/m0/s1. The zero-order chi connectivity index (χ0) is 16.5. The monoisotopic (exact) mass is 325 g/mol. The summed E-state index contributed by atoms with van der Waals surface area (Å²) < 4.78 is 17.3. The van der Waals surface area contributed by atoms with Gasteiger partial charge in [-0.15, -0.1) is 0 Å². The molecule has 0 saturated heterocycles. The van der Waals surface area contributed by atoms with Crippen LogP contribution in [0, 0.1) is 5.82 Å². The van der Waals surface area contributed by atoms with E-state index in [0.717, 1.165) is 37.6 Å². The highest BCUT2D eigenvalue weighted by atomic mass is 19.1. The van der Waals surface area contributed by atoms with E-state index in [-0.39, 0.29) is 11.9 Å². The second kappa shape index (κ2) is 6.20. The predicted molar refractivity (Wildman–Crippen MR) is 88.8 cm³/mol. The highest BCUT2D eigenvalue weighted by Gasteiger charge is 2.27. The minimum Gasteiger partial charge on any atom is -0.328 e. The average Bonchev–Trinajstić information content (AvgIpc) is 3.23. The molecule has 3 heterocycles. The van der Waals surface area contributed by atoms with E-state index in [1.165, 1.54) is 17.8 Å². The molecule has 6 heteroatoms. The minimum absolute atomic E-state index is 0.191. The maximum absolute atomic E-state index is 13.1. The Morgan fingerprint density at radius 2 is 2.00 bits per heavy atom. The van der Waals surface area contributed by atoms with Gasteiger partial charge < -0.3 is 4.57 Å². The van der Waals surface area contributed by atoms with Gasteiger partial charge in [0.25, 0.3) is 0 Å². The molecule has 4 rings (SSSR count). The first-order valence-corrected chi connectivity index (χ1v) is 8.21. The van der Waals surface area contributed by atoms with Crippen molar-refractivity contribution < 1.29 is 4.39 Å². The summed E-state index contributed by atoms with van der Waals surface area (Å²) in [6.07, 6.45) is 5.71. The van der Waals surface area contributed by atoms with E-state index in [1.54, 1.807) is 6.20 Å². The van der Waals surface area contributed by atoms with Crippen molar-refractivity contribution in [1.82, 2.24) is 24.2 Å². The van der Waals surface area contributed by atoms with Gasteiger partial charge in [0.2, 0.25) is 0 Å². The molecule has 1 aliphatic rings. The van der Waals surface area contributed by atoms with Gasteiger partial charge in [-0.25, -0.2) is 9.37 Å². The Hall–Kier alpha value is -2.47. The molecule has 124 valence electrons. The van der Waals surface area contributed by atoms with Crippen molar-refractivity contribution in [2.45, 2.75) is 32.6 Å². The molecule has 0 unspecified atom stereocenters. The van der Waals surface area contributed by atoms with Crippen LogP contribution in [0.1, 0.15) is 30.0 Å². The summed E-state index contributed by atoms with van der Waals surface area (Å²) in [6, 6.07) is 8.91. The fraction of sp³-hybridized carbons (Fsp3) is 0.333. The Bertz CT molecular complexity index is 807. The van der Waals surface area contributed by atoms with Gasteiger partial charge in [-0.1, -0.05) is 12.1 Å². The summed E-state index contributed by atoms with van der Waals surface area (Å²) in [5, 5.41) is 4.27. The first-order chi connectivity index (χ1) is 11.7. The van der Waals surface area contributed by atoms with Gasteiger partial charge >= 0.3 is 0 Å². The lowest BCUT2D eigenvalue weighted by molar-refractivity contribution is 0.155. The smallest absolute Gasteiger partial charge is 0.126 e. The fourth-order valence-electron chi connectivity index (χ4n) is 3.33. The van der Waals surface area contributed by atoms with Gasteiger partial charge in [0.05, 0.1) is 24.5 Å². The molecule has 1 aliphatic heterocycles. The third kappa shape index (κ3) is 2.85. The molecule has 0 amide bonds. The minimum atomic E-state index is -0.191. The SMILES string of the molecule is C[C@H]1c2ncc(Cn3cccn3)n2CCN1Cc1ccc(F)cc1. The highest BCUT2D eigenvalue weighted by Crippen LogP contribution is 2.27. The van der Waals surface area contributed by atoms with Crippen molar-refractivity contribution in [1.29, 1.82) is 0 Å². The largest absolute Gasteiger partial charge is 0.328 e. The van der Waals surface area contributed by atoms with E-state index < -0.39 is 0 Å². The summed E-state index contributed by atoms with van der Waals surface area (Å²) in [4.78, 5) is 7.03. The molecule has 0 radical (unpaired) electrons. The predicted octanol–water partition coefficient (Wildman–Crippen LogP) is 2.84. The van der Waals surface area contributed by atoms with Crippen LogP contribution in [0.15, 0.2) is 48.9 Å². The number of imidazole rings is 1. The molecule has 2 aromatic heterocycles. The second-order valence-electron chi connectivity index (χ2n) is 6.24. The highest BCUT2D eigenvalue weighted by molar-refractivity contribution is 5.17. The quantitative estimate of drug-likeness (QED) is 0.740. The zero-order valence-corrected chi connectivity index (χ0v) is 13.6. The van der Waals surface area contributed by atoms with Crippen LogP contribution >= 0.6 is 0 Å². The molecular weight excluding hydrogens is 305 g/mol. The van der Waals surface area contributed by atoms with Gasteiger partial charge in [0.1, 0.15) is 11.6 Å². The number of nitrogens with zero attached hydrogens (tertiary/aromatic N) is 5. The molecule has 24 heavy (non-hydrogen) atoms. The zero-order valence-electron chi connectivity index (χ0n) is 13.6. The molecule has 0 aliphatic carbocycles. The summed E-state index contributed by atoms with van der Waals surface area (Å²) >= 11 is 0. The normalized spacial score (nSPS) is 17.8. The van der Waals surface area contributed by atoms with Crippen LogP contribution in [0.25, 0.3) is 0 Å². The Balaban J connectivity index is 1.51. The van der Waals surface area contributed by atoms with Crippen molar-refractivity contribution in [3.05, 3.63) is 71.8 Å². The topological polar surface area (TPSA) is 38.9 Å². The van der Waals surface area contributed by atoms with Crippen molar-refractivity contribution in [2.24, 2.45) is 0 Å². The number of halogens is 1. The third-order valence-corrected chi connectivity index (χ3v) is 4.68. The molecule has 0 N–H and O–H groups in total. The van der Waals surface area contributed by atoms with Gasteiger partial charge in [0, 0.05) is 32.0 Å². The first-order valence-electron chi connectivity index (χ1n) is 8.21. The number of benzene rings is 1. The first kappa shape index (κ1) is 15.1. The van der Waals surface area contributed by atoms with E-state index >= 15 is 0 Å². The lowest BCUT2D eigenvalue weighted by Crippen LogP contribution is -2.37. The molecule has 1 atom stereocenters. The van der Waals surface area contributed by atoms with Crippen molar-refractivity contribution in [3.8, 4) is 0 Å². The number of rotatable bonds is 4. The summed E-state index contributed by atoms with van der Waals surface area (Å²) in [7, 11) is 0. The molecule has 0 fully saturated rings. The fourth-order valence-corrected chi connectivity index (χ4v) is 3.33. The lowest BCUT2D eigenvalue weighted by atomic mass is 10.1. The molecule has 5 nitrogen and oxygen atoms in total. The average molecular weight is 325 g/mol. The van der Waals surface area contributed by atoms with Crippen molar-refractivity contribution in [2.75, 3.05) is 6.54 Å². The third-order valence-electron chi connectivity index (χ3n) is 4.68. The maximum Gasteiger partial charge on any atom is 0.126 e. The van der Waals surface area contributed by atoms with Crippen LogP contribution in [-0.2, 0) is 19.6 Å². The van der Waals surface area contributed by atoms with Crippen LogP contribution in [0.3, 0.4) is 0 Å². The van der Waals surface area contributed by atoms with Gasteiger partial charge in [-0.05, 0) is 30.7 Å². The molecule has 0 bridgehead atoms. The van der Waals surface area contributed by atoms with Crippen LogP contribution in [0.2, 0.25) is 0 Å². The maximum atomic E-state index is 13.1. The molecule has 1 aromatic carbocycles. The van der Waals surface area contributed by atoms with Crippen molar-refractivity contribution in [3.63, 3.8) is 0 Å². The van der Waals surface area contributed by atoms with Crippen LogP contribution in [-0.4, -0.2) is 30.8 Å². The van der Waals surface area contributed by atoms with Crippen LogP contribution < -0.4 is 0 Å². The van der Waals surface area contributed by atoms with E-state index in [0.29, 0.717) is 0 Å². The van der Waals surface area contributed by atoms with Crippen LogP contribution in [0.4, 0.5) is 4.39 Å². The number of hydrogen-bond acceptors (Lipinski definition) is 3. The van der Waals surface area contributed by atoms with Gasteiger partial charge in [0.15, 0.2) is 0 Å². The van der Waals surface area contributed by atoms with E-state index in [9.17, 15) is 4.39 Å². The van der Waals surface area contributed by atoms with Crippen molar-refractivity contribution >= 4 is 0 Å². The van der Waals surface area contributed by atoms with E-state index in [1.807, 2.05) is 35.3 Å². The summed E-state index contributed by atoms with van der Waals surface area (Å²) in [6.45, 7) is 5.60. The Morgan fingerprint density at radius 1 is 1.17 bits per heavy atom. The Morgan fingerprint density at radius 3 is 2.75 bits per heavy atom. The van der Waals surface area contributed by atoms with Gasteiger partial charge in [-0.3, -0.25) is 9.58 Å². The molecule has 3 aromatic rings. The molecule has 0 spiro atoms. The summed E-state index contributed by atoms with van der Waals surface area (Å²) in [5.74, 6) is 0.898. The number of hydrogen-bond donors (Lipinski definition) is 0. The van der Waals surface area contributed by atoms with Crippen LogP contribution in [0.5, 0.6) is 0 Å². The second-order valence-corrected chi connectivity index (χ2v) is 6.24. The lowest BCUT2D eigenvalue weighted by Gasteiger charge is -2.34. The summed E-state index contributed by atoms with van der Waals surface area (Å²) in [5.41, 5.74) is 2.31. The Labute approximate surface area is 140 Å². The van der Waals surface area contributed by atoms with E-state index in [2.05, 4.69) is 26.5 Å².